The number of hydrogen-bond donors (Lipinski definition) is 4. The zero-order valence-electron chi connectivity index (χ0n) is 11.5. The lowest BCUT2D eigenvalue weighted by atomic mass is 10.2. The number of fused-ring (bicyclic) bond motifs is 1. The zero-order valence-corrected chi connectivity index (χ0v) is 11.5. The summed E-state index contributed by atoms with van der Waals surface area (Å²) in [5.41, 5.74) is 0.758. The molecule has 3 rings (SSSR count). The molecule has 1 amide bonds. The minimum Gasteiger partial charge on any atom is -0.394 e. The summed E-state index contributed by atoms with van der Waals surface area (Å²) >= 11 is 0. The number of amides is 1. The lowest BCUT2D eigenvalue weighted by Gasteiger charge is -2.13. The molecule has 1 fully saturated rings. The summed E-state index contributed by atoms with van der Waals surface area (Å²) in [5.74, 6) is -0.428. The number of rotatable bonds is 4. The normalized spacial score (nSPS) is 24.8. The third-order valence-electron chi connectivity index (χ3n) is 3.45. The Labute approximate surface area is 124 Å². The minimum absolute atomic E-state index is 0.181. The van der Waals surface area contributed by atoms with Crippen LogP contribution in [0.1, 0.15) is 12.6 Å². The van der Waals surface area contributed by atoms with Crippen LogP contribution in [0.2, 0.25) is 0 Å². The van der Waals surface area contributed by atoms with E-state index in [-0.39, 0.29) is 12.4 Å². The number of nitrogens with zero attached hydrogens (tertiary/aromatic N) is 4. The van der Waals surface area contributed by atoms with Crippen LogP contribution >= 0.6 is 0 Å². The minimum atomic E-state index is -0.775. The Bertz CT molecular complexity index is 690. The maximum Gasteiger partial charge on any atom is 0.251 e. The van der Waals surface area contributed by atoms with Crippen LogP contribution in [0, 0.1) is 0 Å². The molecule has 0 bridgehead atoms. The summed E-state index contributed by atoms with van der Waals surface area (Å²) < 4.78 is 7.15. The molecular formula is C12H15N5O5. The Kier molecular flexibility index (Phi) is 3.98. The predicted molar refractivity (Wildman–Crippen MR) is 72.7 cm³/mol. The number of imidazole rings is 1. The number of aliphatic hydroxyl groups is 3. The molecule has 1 aliphatic rings. The summed E-state index contributed by atoms with van der Waals surface area (Å²) in [6.07, 6.45) is 1.06. The van der Waals surface area contributed by atoms with E-state index in [9.17, 15) is 9.90 Å². The maximum absolute atomic E-state index is 11.3. The van der Waals surface area contributed by atoms with Crippen molar-refractivity contribution in [2.75, 3.05) is 18.5 Å². The van der Waals surface area contributed by atoms with Crippen molar-refractivity contribution in [3.05, 3.63) is 12.7 Å². The van der Waals surface area contributed by atoms with Crippen molar-refractivity contribution in [2.45, 2.75) is 24.9 Å². The van der Waals surface area contributed by atoms with E-state index in [4.69, 9.17) is 14.9 Å². The summed E-state index contributed by atoms with van der Waals surface area (Å²) in [6, 6.07) is 0. The Balaban J connectivity index is 1.93. The Morgan fingerprint density at radius 1 is 1.41 bits per heavy atom. The van der Waals surface area contributed by atoms with Gasteiger partial charge in [-0.3, -0.25) is 9.36 Å². The zero-order chi connectivity index (χ0) is 15.7. The molecule has 0 aliphatic carbocycles. The van der Waals surface area contributed by atoms with Crippen LogP contribution in [0.25, 0.3) is 11.2 Å². The molecule has 10 heteroatoms. The number of hydrogen-bond acceptors (Lipinski definition) is 8. The maximum atomic E-state index is 11.3. The largest absolute Gasteiger partial charge is 0.394 e. The van der Waals surface area contributed by atoms with Gasteiger partial charge in [0, 0.05) is 6.42 Å². The molecule has 2 aromatic rings. The molecule has 22 heavy (non-hydrogen) atoms. The number of aromatic nitrogens is 4. The SMILES string of the molecule is O=C(CO)Nc1ncnc2c1ncn2[C@H]1CC(O)[C@@H](CO)O1. The van der Waals surface area contributed by atoms with E-state index in [0.29, 0.717) is 17.6 Å². The van der Waals surface area contributed by atoms with Crippen molar-refractivity contribution in [1.82, 2.24) is 19.5 Å². The monoisotopic (exact) mass is 309 g/mol. The molecule has 3 atom stereocenters. The number of ether oxygens (including phenoxy) is 1. The van der Waals surface area contributed by atoms with Gasteiger partial charge in [0.2, 0.25) is 0 Å². The molecule has 4 N–H and O–H groups in total. The van der Waals surface area contributed by atoms with E-state index in [1.807, 2.05) is 0 Å². The van der Waals surface area contributed by atoms with Crippen molar-refractivity contribution in [3.8, 4) is 0 Å². The Hall–Kier alpha value is -2.14. The van der Waals surface area contributed by atoms with Crippen molar-refractivity contribution < 1.29 is 24.9 Å². The molecule has 2 aromatic heterocycles. The highest BCUT2D eigenvalue weighted by Gasteiger charge is 2.35. The molecule has 1 saturated heterocycles. The molecule has 10 nitrogen and oxygen atoms in total. The predicted octanol–water partition coefficient (Wildman–Crippen LogP) is -1.60. The van der Waals surface area contributed by atoms with Crippen LogP contribution in [0.4, 0.5) is 5.82 Å². The highest BCUT2D eigenvalue weighted by atomic mass is 16.5. The molecule has 0 saturated carbocycles. The highest BCUT2D eigenvalue weighted by Crippen LogP contribution is 2.31. The topological polar surface area (TPSA) is 143 Å². The van der Waals surface area contributed by atoms with Gasteiger partial charge in [-0.2, -0.15) is 0 Å². The molecule has 1 aliphatic heterocycles. The van der Waals surface area contributed by atoms with Crippen LogP contribution in [0.15, 0.2) is 12.7 Å². The van der Waals surface area contributed by atoms with Crippen molar-refractivity contribution in [2.24, 2.45) is 0 Å². The lowest BCUT2D eigenvalue weighted by molar-refractivity contribution is -0.118. The van der Waals surface area contributed by atoms with E-state index >= 15 is 0 Å². The van der Waals surface area contributed by atoms with Gasteiger partial charge in [-0.15, -0.1) is 0 Å². The average Bonchev–Trinajstić information content (AvgIpc) is 3.10. The smallest absolute Gasteiger partial charge is 0.251 e. The first-order valence-corrected chi connectivity index (χ1v) is 6.66. The number of carbonyl (C=O) groups is 1. The summed E-state index contributed by atoms with van der Waals surface area (Å²) in [6.45, 7) is -0.945. The van der Waals surface area contributed by atoms with Gasteiger partial charge in [-0.25, -0.2) is 15.0 Å². The second kappa shape index (κ2) is 5.93. The van der Waals surface area contributed by atoms with Crippen LogP contribution in [-0.4, -0.2) is 66.2 Å². The van der Waals surface area contributed by atoms with Crippen LogP contribution in [-0.2, 0) is 9.53 Å². The van der Waals surface area contributed by atoms with Gasteiger partial charge in [0.15, 0.2) is 17.0 Å². The molecule has 3 heterocycles. The van der Waals surface area contributed by atoms with Crippen molar-refractivity contribution in [3.63, 3.8) is 0 Å². The molecule has 0 aromatic carbocycles. The lowest BCUT2D eigenvalue weighted by Crippen LogP contribution is -2.24. The molecular weight excluding hydrogens is 294 g/mol. The van der Waals surface area contributed by atoms with Crippen LogP contribution in [0.3, 0.4) is 0 Å². The van der Waals surface area contributed by atoms with Gasteiger partial charge in [-0.1, -0.05) is 0 Å². The summed E-state index contributed by atoms with van der Waals surface area (Å²) in [7, 11) is 0. The Morgan fingerprint density at radius 3 is 2.91 bits per heavy atom. The van der Waals surface area contributed by atoms with Gasteiger partial charge >= 0.3 is 0 Å². The number of anilines is 1. The molecule has 0 radical (unpaired) electrons. The average molecular weight is 309 g/mol. The van der Waals surface area contributed by atoms with Gasteiger partial charge in [-0.05, 0) is 0 Å². The van der Waals surface area contributed by atoms with E-state index in [2.05, 4.69) is 20.3 Å². The first-order valence-electron chi connectivity index (χ1n) is 6.66. The highest BCUT2D eigenvalue weighted by molar-refractivity contribution is 5.97. The van der Waals surface area contributed by atoms with Crippen molar-refractivity contribution >= 4 is 22.9 Å². The van der Waals surface area contributed by atoms with E-state index in [1.165, 1.54) is 12.7 Å². The van der Waals surface area contributed by atoms with Gasteiger partial charge in [0.05, 0.1) is 19.0 Å². The van der Waals surface area contributed by atoms with Crippen LogP contribution in [0.5, 0.6) is 0 Å². The van der Waals surface area contributed by atoms with Gasteiger partial charge in [0.1, 0.15) is 25.3 Å². The van der Waals surface area contributed by atoms with E-state index in [0.717, 1.165) is 0 Å². The van der Waals surface area contributed by atoms with Crippen molar-refractivity contribution in [1.29, 1.82) is 0 Å². The molecule has 0 spiro atoms. The second-order valence-corrected chi connectivity index (χ2v) is 4.87. The Morgan fingerprint density at radius 2 is 2.23 bits per heavy atom. The third-order valence-corrected chi connectivity index (χ3v) is 3.45. The van der Waals surface area contributed by atoms with Gasteiger partial charge in [0.25, 0.3) is 5.91 Å². The standard InChI is InChI=1S/C12H15N5O5/c18-2-7-6(20)1-9(22-7)17-5-15-10-11(16-8(21)3-19)13-4-14-12(10)17/h4-7,9,18-20H,1-3H2,(H,13,14,16,21)/t6?,7-,9-/m1/s1. The molecule has 118 valence electrons. The summed E-state index contributed by atoms with van der Waals surface area (Å²) in [5, 5.41) is 30.1. The first kappa shape index (κ1) is 14.8. The third kappa shape index (κ3) is 2.52. The number of carbonyl (C=O) groups excluding carboxylic acids is 1. The second-order valence-electron chi connectivity index (χ2n) is 4.87. The first-order chi connectivity index (χ1) is 10.6. The molecule has 1 unspecified atom stereocenters. The summed E-state index contributed by atoms with van der Waals surface area (Å²) in [4.78, 5) is 23.4. The number of aliphatic hydroxyl groups excluding tert-OH is 3. The number of nitrogens with one attached hydrogen (secondary N) is 1. The van der Waals surface area contributed by atoms with Crippen LogP contribution < -0.4 is 5.32 Å². The fourth-order valence-corrected chi connectivity index (χ4v) is 2.38. The van der Waals surface area contributed by atoms with E-state index in [1.54, 1.807) is 4.57 Å². The van der Waals surface area contributed by atoms with Gasteiger partial charge < -0.3 is 25.4 Å². The van der Waals surface area contributed by atoms with E-state index < -0.39 is 30.9 Å². The quantitative estimate of drug-likeness (QED) is 0.529. The fourth-order valence-electron chi connectivity index (χ4n) is 2.38. The fraction of sp³-hybridized carbons (Fsp3) is 0.500.